The molecule has 0 fully saturated rings. The molecule has 29 heavy (non-hydrogen) atoms. The maximum Gasteiger partial charge on any atom is 0.387 e. The summed E-state index contributed by atoms with van der Waals surface area (Å²) >= 11 is 11.0. The van der Waals surface area contributed by atoms with Crippen molar-refractivity contribution in [2.24, 2.45) is 5.10 Å². The lowest BCUT2D eigenvalue weighted by atomic mass is 10.2. The number of halogens is 3. The molecule has 9 nitrogen and oxygen atoms in total. The van der Waals surface area contributed by atoms with E-state index in [9.17, 15) is 24.0 Å². The Balaban J connectivity index is 1.97. The fourth-order valence-electron chi connectivity index (χ4n) is 2.33. The summed E-state index contributed by atoms with van der Waals surface area (Å²) in [5.74, 6) is -0.428. The van der Waals surface area contributed by atoms with Crippen LogP contribution in [0.3, 0.4) is 0 Å². The number of hydrogen-bond acceptors (Lipinski definition) is 7. The molecular formula is C16H10ClF2N5O4S. The third kappa shape index (κ3) is 4.55. The molecule has 0 bridgehead atoms. The SMILES string of the molecule is O=[N+]([O-])c1cc(Cl)cc(C=Nn2c(-c3ccc(OC(F)F)cc3)n[nH]c2=S)c1O. The number of aromatic amines is 1. The first-order chi connectivity index (χ1) is 13.8. The number of aromatic nitrogens is 3. The fraction of sp³-hybridized carbons (Fsp3) is 0.0625. The molecule has 13 heteroatoms. The third-order valence-corrected chi connectivity index (χ3v) is 4.06. The van der Waals surface area contributed by atoms with E-state index in [2.05, 4.69) is 20.0 Å². The Morgan fingerprint density at radius 1 is 1.38 bits per heavy atom. The number of benzene rings is 2. The maximum absolute atomic E-state index is 12.3. The van der Waals surface area contributed by atoms with Crippen LogP contribution in [0.4, 0.5) is 14.5 Å². The van der Waals surface area contributed by atoms with Crippen molar-refractivity contribution in [2.45, 2.75) is 6.61 Å². The topological polar surface area (TPSA) is 119 Å². The van der Waals surface area contributed by atoms with Crippen molar-refractivity contribution in [2.75, 3.05) is 0 Å². The molecule has 0 saturated carbocycles. The van der Waals surface area contributed by atoms with Crippen molar-refractivity contribution < 1.29 is 23.5 Å². The van der Waals surface area contributed by atoms with Gasteiger partial charge in [0.1, 0.15) is 5.75 Å². The molecule has 1 heterocycles. The average molecular weight is 442 g/mol. The maximum atomic E-state index is 12.3. The average Bonchev–Trinajstić information content (AvgIpc) is 3.02. The second-order valence-electron chi connectivity index (χ2n) is 5.43. The number of alkyl halides is 2. The molecule has 2 aromatic carbocycles. The summed E-state index contributed by atoms with van der Waals surface area (Å²) in [7, 11) is 0. The van der Waals surface area contributed by atoms with Gasteiger partial charge in [-0.25, -0.2) is 5.10 Å². The monoisotopic (exact) mass is 441 g/mol. The second-order valence-corrected chi connectivity index (χ2v) is 6.25. The predicted octanol–water partition coefficient (Wildman–Crippen LogP) is 4.36. The Kier molecular flexibility index (Phi) is 5.84. The highest BCUT2D eigenvalue weighted by atomic mass is 35.5. The summed E-state index contributed by atoms with van der Waals surface area (Å²) in [6, 6.07) is 7.87. The van der Waals surface area contributed by atoms with Gasteiger partial charge < -0.3 is 9.84 Å². The molecule has 0 aliphatic rings. The van der Waals surface area contributed by atoms with Crippen LogP contribution < -0.4 is 4.74 Å². The summed E-state index contributed by atoms with van der Waals surface area (Å²) in [5, 5.41) is 31.7. The molecule has 0 aliphatic heterocycles. The second kappa shape index (κ2) is 8.32. The van der Waals surface area contributed by atoms with Crippen LogP contribution in [0.15, 0.2) is 41.5 Å². The molecule has 150 valence electrons. The number of rotatable bonds is 6. The van der Waals surface area contributed by atoms with E-state index in [0.717, 1.165) is 12.3 Å². The lowest BCUT2D eigenvalue weighted by Crippen LogP contribution is -2.01. The van der Waals surface area contributed by atoms with Crippen LogP contribution in [-0.4, -0.2) is 37.7 Å². The van der Waals surface area contributed by atoms with Crippen LogP contribution in [0, 0.1) is 14.9 Å². The molecule has 0 unspecified atom stereocenters. The van der Waals surface area contributed by atoms with Gasteiger partial charge in [0.2, 0.25) is 10.5 Å². The summed E-state index contributed by atoms with van der Waals surface area (Å²) in [6.45, 7) is -2.95. The van der Waals surface area contributed by atoms with E-state index in [1.54, 1.807) is 0 Å². The van der Waals surface area contributed by atoms with E-state index < -0.39 is 23.0 Å². The zero-order valence-electron chi connectivity index (χ0n) is 14.1. The summed E-state index contributed by atoms with van der Waals surface area (Å²) in [4.78, 5) is 10.2. The summed E-state index contributed by atoms with van der Waals surface area (Å²) in [5.41, 5.74) is -0.124. The summed E-state index contributed by atoms with van der Waals surface area (Å²) in [6.07, 6.45) is 1.12. The molecule has 3 rings (SSSR count). The smallest absolute Gasteiger partial charge is 0.387 e. The predicted molar refractivity (Wildman–Crippen MR) is 102 cm³/mol. The number of nitrogens with one attached hydrogen (secondary N) is 1. The van der Waals surface area contributed by atoms with E-state index >= 15 is 0 Å². The summed E-state index contributed by atoms with van der Waals surface area (Å²) < 4.78 is 30.1. The molecule has 3 aromatic rings. The van der Waals surface area contributed by atoms with E-state index in [1.807, 2.05) is 0 Å². The zero-order valence-corrected chi connectivity index (χ0v) is 15.7. The zero-order chi connectivity index (χ0) is 21.1. The largest absolute Gasteiger partial charge is 0.502 e. The van der Waals surface area contributed by atoms with E-state index in [0.29, 0.717) is 5.56 Å². The molecule has 0 radical (unpaired) electrons. The molecular weight excluding hydrogens is 432 g/mol. The van der Waals surface area contributed by atoms with Crippen LogP contribution in [0.25, 0.3) is 11.4 Å². The number of aromatic hydroxyl groups is 1. The van der Waals surface area contributed by atoms with Crippen molar-refractivity contribution in [3.05, 3.63) is 61.9 Å². The first-order valence-corrected chi connectivity index (χ1v) is 8.49. The highest BCUT2D eigenvalue weighted by molar-refractivity contribution is 7.71. The highest BCUT2D eigenvalue weighted by Crippen LogP contribution is 2.32. The standard InChI is InChI=1S/C16H10ClF2N5O4S/c17-10-5-9(13(25)12(6-10)24(26)27)7-20-23-14(21-22-16(23)29)8-1-3-11(4-2-8)28-15(18)19/h1-7,15,25H,(H,22,29). The molecule has 2 N–H and O–H groups in total. The van der Waals surface area contributed by atoms with Crippen molar-refractivity contribution in [1.82, 2.24) is 14.9 Å². The van der Waals surface area contributed by atoms with Gasteiger partial charge in [-0.15, -0.1) is 0 Å². The van der Waals surface area contributed by atoms with E-state index in [-0.39, 0.29) is 26.9 Å². The Morgan fingerprint density at radius 2 is 2.07 bits per heavy atom. The van der Waals surface area contributed by atoms with Crippen molar-refractivity contribution >= 4 is 35.7 Å². The van der Waals surface area contributed by atoms with Gasteiger partial charge >= 0.3 is 12.3 Å². The number of phenols is 1. The van der Waals surface area contributed by atoms with Gasteiger partial charge in [0, 0.05) is 22.2 Å². The minimum Gasteiger partial charge on any atom is -0.502 e. The molecule has 0 atom stereocenters. The van der Waals surface area contributed by atoms with Gasteiger partial charge in [0.05, 0.1) is 11.1 Å². The number of nitro benzene ring substituents is 1. The lowest BCUT2D eigenvalue weighted by molar-refractivity contribution is -0.385. The van der Waals surface area contributed by atoms with Gasteiger partial charge in [-0.1, -0.05) is 11.6 Å². The van der Waals surface area contributed by atoms with Crippen molar-refractivity contribution in [1.29, 1.82) is 0 Å². The number of ether oxygens (including phenoxy) is 1. The first-order valence-electron chi connectivity index (χ1n) is 7.70. The minimum absolute atomic E-state index is 0.0149. The first kappa shape index (κ1) is 20.4. The van der Waals surface area contributed by atoms with Gasteiger partial charge in [0.25, 0.3) is 0 Å². The Bertz CT molecular complexity index is 1150. The van der Waals surface area contributed by atoms with Crippen molar-refractivity contribution in [3.8, 4) is 22.9 Å². The Hall–Kier alpha value is -3.38. The Labute approximate surface area is 171 Å². The molecule has 0 amide bonds. The number of nitrogens with zero attached hydrogens (tertiary/aromatic N) is 4. The highest BCUT2D eigenvalue weighted by Gasteiger charge is 2.18. The van der Waals surface area contributed by atoms with E-state index in [1.165, 1.54) is 35.0 Å². The molecule has 0 saturated heterocycles. The van der Waals surface area contributed by atoms with Gasteiger partial charge in [-0.2, -0.15) is 23.7 Å². The third-order valence-electron chi connectivity index (χ3n) is 3.58. The normalized spacial score (nSPS) is 11.3. The number of nitro groups is 1. The van der Waals surface area contributed by atoms with Crippen LogP contribution in [0.1, 0.15) is 5.56 Å². The van der Waals surface area contributed by atoms with Crippen molar-refractivity contribution in [3.63, 3.8) is 0 Å². The molecule has 0 spiro atoms. The van der Waals surface area contributed by atoms with E-state index in [4.69, 9.17) is 23.8 Å². The minimum atomic E-state index is -2.95. The van der Waals surface area contributed by atoms with Gasteiger partial charge in [-0.3, -0.25) is 10.1 Å². The quantitative estimate of drug-likeness (QED) is 0.254. The number of phenolic OH excluding ortho intramolecular Hbond substituents is 1. The molecule has 1 aromatic heterocycles. The van der Waals surface area contributed by atoms with Crippen LogP contribution in [0.5, 0.6) is 11.5 Å². The van der Waals surface area contributed by atoms with Gasteiger partial charge in [0.15, 0.2) is 5.82 Å². The lowest BCUT2D eigenvalue weighted by Gasteiger charge is -2.05. The van der Waals surface area contributed by atoms with Crippen LogP contribution in [-0.2, 0) is 0 Å². The fourth-order valence-corrected chi connectivity index (χ4v) is 2.73. The van der Waals surface area contributed by atoms with Crippen LogP contribution >= 0.6 is 23.8 Å². The number of hydrogen-bond donors (Lipinski definition) is 2. The molecule has 0 aliphatic carbocycles. The number of H-pyrrole nitrogens is 1. The van der Waals surface area contributed by atoms with Gasteiger partial charge in [-0.05, 0) is 42.5 Å². The Morgan fingerprint density at radius 3 is 2.69 bits per heavy atom. The van der Waals surface area contributed by atoms with Crippen LogP contribution in [0.2, 0.25) is 5.02 Å².